The maximum absolute atomic E-state index is 12.2. The van der Waals surface area contributed by atoms with Gasteiger partial charge >= 0.3 is 18.0 Å². The van der Waals surface area contributed by atoms with Gasteiger partial charge in [0.05, 0.1) is 41.1 Å². The van der Waals surface area contributed by atoms with Gasteiger partial charge in [0, 0.05) is 0 Å². The maximum Gasteiger partial charge on any atom is 0.338 e. The number of nitrogens with one attached hydrogen (secondary N) is 2. The molecule has 2 rings (SSSR count). The van der Waals surface area contributed by atoms with E-state index >= 15 is 0 Å². The van der Waals surface area contributed by atoms with Crippen LogP contribution in [0.2, 0.25) is 0 Å². The molecule has 2 amide bonds. The lowest BCUT2D eigenvalue weighted by atomic mass is 10.0. The van der Waals surface area contributed by atoms with E-state index in [4.69, 9.17) is 14.7 Å². The van der Waals surface area contributed by atoms with E-state index < -0.39 is 24.0 Å². The number of esters is 2. The summed E-state index contributed by atoms with van der Waals surface area (Å²) in [6, 6.07) is 6.90. The first-order valence-electron chi connectivity index (χ1n) is 8.15. The fourth-order valence-electron chi connectivity index (χ4n) is 2.48. The number of amides is 2. The van der Waals surface area contributed by atoms with Gasteiger partial charge in [-0.1, -0.05) is 6.92 Å². The van der Waals surface area contributed by atoms with E-state index in [0.717, 1.165) is 0 Å². The molecular formula is C18H19N3O5. The van der Waals surface area contributed by atoms with Crippen LogP contribution in [0.5, 0.6) is 0 Å². The van der Waals surface area contributed by atoms with Crippen LogP contribution >= 0.6 is 0 Å². The van der Waals surface area contributed by atoms with E-state index in [-0.39, 0.29) is 30.0 Å². The Morgan fingerprint density at radius 1 is 1.15 bits per heavy atom. The van der Waals surface area contributed by atoms with E-state index in [1.807, 2.05) is 13.0 Å². The number of benzene rings is 1. The molecule has 0 radical (unpaired) electrons. The van der Waals surface area contributed by atoms with Crippen molar-refractivity contribution in [1.82, 2.24) is 10.6 Å². The summed E-state index contributed by atoms with van der Waals surface area (Å²) in [7, 11) is 0. The highest BCUT2D eigenvalue weighted by atomic mass is 16.5. The highest BCUT2D eigenvalue weighted by Gasteiger charge is 2.32. The van der Waals surface area contributed by atoms with Crippen LogP contribution in [0.3, 0.4) is 0 Å². The third-order valence-electron chi connectivity index (χ3n) is 3.74. The van der Waals surface area contributed by atoms with Crippen LogP contribution in [0.25, 0.3) is 0 Å². The Bertz CT molecular complexity index is 777. The molecule has 1 heterocycles. The monoisotopic (exact) mass is 357 g/mol. The second-order valence-electron chi connectivity index (χ2n) is 5.44. The Balaban J connectivity index is 2.18. The van der Waals surface area contributed by atoms with E-state index in [2.05, 4.69) is 10.6 Å². The van der Waals surface area contributed by atoms with Gasteiger partial charge in [-0.05, 0) is 37.6 Å². The molecule has 1 aliphatic heterocycles. The van der Waals surface area contributed by atoms with Gasteiger partial charge in [-0.3, -0.25) is 0 Å². The molecule has 2 N–H and O–H groups in total. The summed E-state index contributed by atoms with van der Waals surface area (Å²) in [5.74, 6) is -1.21. The van der Waals surface area contributed by atoms with E-state index in [1.165, 1.54) is 24.3 Å². The van der Waals surface area contributed by atoms with Crippen molar-refractivity contribution in [3.8, 4) is 6.07 Å². The molecule has 0 saturated carbocycles. The molecule has 1 atom stereocenters. The Morgan fingerprint density at radius 3 is 2.42 bits per heavy atom. The van der Waals surface area contributed by atoms with Crippen LogP contribution in [-0.4, -0.2) is 37.2 Å². The lowest BCUT2D eigenvalue weighted by molar-refractivity contribution is -0.139. The molecule has 1 aromatic carbocycles. The molecule has 0 aliphatic carbocycles. The van der Waals surface area contributed by atoms with Gasteiger partial charge in [-0.25, -0.2) is 14.4 Å². The zero-order valence-corrected chi connectivity index (χ0v) is 14.5. The molecule has 8 heteroatoms. The summed E-state index contributed by atoms with van der Waals surface area (Å²) >= 11 is 0. The van der Waals surface area contributed by atoms with Crippen molar-refractivity contribution in [1.29, 1.82) is 5.26 Å². The first kappa shape index (κ1) is 19.0. The molecule has 1 aromatic rings. The molecule has 0 fully saturated rings. The maximum atomic E-state index is 12.2. The van der Waals surface area contributed by atoms with Gasteiger partial charge in [0.2, 0.25) is 0 Å². The van der Waals surface area contributed by atoms with Gasteiger partial charge in [-0.15, -0.1) is 0 Å². The van der Waals surface area contributed by atoms with Gasteiger partial charge in [-0.2, -0.15) is 5.26 Å². The molecule has 8 nitrogen and oxygen atoms in total. The fraction of sp³-hybridized carbons (Fsp3) is 0.333. The molecule has 26 heavy (non-hydrogen) atoms. The highest BCUT2D eigenvalue weighted by molar-refractivity contribution is 5.95. The lowest BCUT2D eigenvalue weighted by Gasteiger charge is -2.28. The summed E-state index contributed by atoms with van der Waals surface area (Å²) in [6.45, 7) is 3.40. The standard InChI is InChI=1S/C18H19N3O5/c1-3-13-15(17(23)25-4-2)14(21-18(24)20-13)10-26-16(22)12-7-5-11(9-19)6-8-12/h5-8,13H,3-4,10H2,1-2H3,(H2,20,21,24)/t13-/m0/s1. The average molecular weight is 357 g/mol. The molecule has 136 valence electrons. The van der Waals surface area contributed by atoms with E-state index in [1.54, 1.807) is 6.92 Å². The predicted octanol–water partition coefficient (Wildman–Crippen LogP) is 1.62. The Morgan fingerprint density at radius 2 is 1.85 bits per heavy atom. The van der Waals surface area contributed by atoms with Gasteiger partial charge < -0.3 is 20.1 Å². The second kappa shape index (κ2) is 8.67. The molecule has 0 saturated heterocycles. The number of carbonyl (C=O) groups is 3. The molecule has 1 aliphatic rings. The summed E-state index contributed by atoms with van der Waals surface area (Å²) in [4.78, 5) is 36.2. The molecular weight excluding hydrogens is 338 g/mol. The van der Waals surface area contributed by atoms with Crippen molar-refractivity contribution in [2.24, 2.45) is 0 Å². The predicted molar refractivity (Wildman–Crippen MR) is 90.8 cm³/mol. The molecule has 0 bridgehead atoms. The summed E-state index contributed by atoms with van der Waals surface area (Å²) in [6.07, 6.45) is 0.481. The Hall–Kier alpha value is -3.34. The molecule has 0 aromatic heterocycles. The van der Waals surface area contributed by atoms with Crippen LogP contribution in [0, 0.1) is 11.3 Å². The van der Waals surface area contributed by atoms with Gasteiger partial charge in [0.15, 0.2) is 0 Å². The number of ether oxygens (including phenoxy) is 2. The van der Waals surface area contributed by atoms with E-state index in [0.29, 0.717) is 12.0 Å². The first-order chi connectivity index (χ1) is 12.5. The topological polar surface area (TPSA) is 118 Å². The number of rotatable bonds is 6. The average Bonchev–Trinajstić information content (AvgIpc) is 2.65. The van der Waals surface area contributed by atoms with Crippen LogP contribution in [0.15, 0.2) is 35.5 Å². The Kier molecular flexibility index (Phi) is 6.33. The SMILES string of the molecule is CCOC(=O)C1=C(COC(=O)c2ccc(C#N)cc2)NC(=O)N[C@H]1CC. The van der Waals surface area contributed by atoms with Crippen LogP contribution in [0.1, 0.15) is 36.2 Å². The zero-order valence-electron chi connectivity index (χ0n) is 14.5. The minimum absolute atomic E-state index is 0.186. The van der Waals surface area contributed by atoms with Crippen LogP contribution < -0.4 is 10.6 Å². The number of nitrogens with zero attached hydrogens (tertiary/aromatic N) is 1. The third-order valence-corrected chi connectivity index (χ3v) is 3.74. The molecule has 0 spiro atoms. The summed E-state index contributed by atoms with van der Waals surface area (Å²) < 4.78 is 10.2. The fourth-order valence-corrected chi connectivity index (χ4v) is 2.48. The smallest absolute Gasteiger partial charge is 0.338 e. The third kappa shape index (κ3) is 4.39. The number of carbonyl (C=O) groups excluding carboxylic acids is 3. The van der Waals surface area contributed by atoms with Gasteiger partial charge in [0.1, 0.15) is 6.61 Å². The minimum Gasteiger partial charge on any atom is -0.463 e. The van der Waals surface area contributed by atoms with Gasteiger partial charge in [0.25, 0.3) is 0 Å². The van der Waals surface area contributed by atoms with Crippen molar-refractivity contribution in [3.63, 3.8) is 0 Å². The van der Waals surface area contributed by atoms with Crippen LogP contribution in [-0.2, 0) is 14.3 Å². The number of nitriles is 1. The zero-order chi connectivity index (χ0) is 19.1. The quantitative estimate of drug-likeness (QED) is 0.747. The van der Waals surface area contributed by atoms with Crippen molar-refractivity contribution < 1.29 is 23.9 Å². The Labute approximate surface area is 150 Å². The first-order valence-corrected chi connectivity index (χ1v) is 8.15. The second-order valence-corrected chi connectivity index (χ2v) is 5.44. The highest BCUT2D eigenvalue weighted by Crippen LogP contribution is 2.18. The lowest BCUT2D eigenvalue weighted by Crippen LogP contribution is -2.51. The van der Waals surface area contributed by atoms with Crippen molar-refractivity contribution in [2.45, 2.75) is 26.3 Å². The summed E-state index contributed by atoms with van der Waals surface area (Å²) in [5.41, 5.74) is 1.11. The van der Waals surface area contributed by atoms with Crippen molar-refractivity contribution >= 4 is 18.0 Å². The van der Waals surface area contributed by atoms with Crippen LogP contribution in [0.4, 0.5) is 4.79 Å². The largest absolute Gasteiger partial charge is 0.463 e. The van der Waals surface area contributed by atoms with Crippen molar-refractivity contribution in [2.75, 3.05) is 13.2 Å². The number of hydrogen-bond acceptors (Lipinski definition) is 6. The summed E-state index contributed by atoms with van der Waals surface area (Å²) in [5, 5.41) is 13.9. The number of urea groups is 1. The van der Waals surface area contributed by atoms with E-state index in [9.17, 15) is 14.4 Å². The minimum atomic E-state index is -0.633. The molecule has 0 unspecified atom stereocenters. The normalized spacial score (nSPS) is 16.2. The number of hydrogen-bond donors (Lipinski definition) is 2. The van der Waals surface area contributed by atoms with Crippen molar-refractivity contribution in [3.05, 3.63) is 46.7 Å².